The van der Waals surface area contributed by atoms with Crippen molar-refractivity contribution in [3.8, 4) is 0 Å². The summed E-state index contributed by atoms with van der Waals surface area (Å²) in [5, 5.41) is 6.13. The Kier molecular flexibility index (Phi) is 10.1. The second-order valence-corrected chi connectivity index (χ2v) is 6.24. The second-order valence-electron chi connectivity index (χ2n) is 6.24. The second kappa shape index (κ2) is 11.8. The van der Waals surface area contributed by atoms with Crippen molar-refractivity contribution in [3.05, 3.63) is 35.4 Å². The van der Waals surface area contributed by atoms with Crippen LogP contribution in [0.1, 0.15) is 35.7 Å². The van der Waals surface area contributed by atoms with Gasteiger partial charge in [0.05, 0.1) is 13.0 Å². The number of hydrogen-bond donors (Lipinski definition) is 2. The van der Waals surface area contributed by atoms with Crippen LogP contribution in [0, 0.1) is 5.92 Å². The fourth-order valence-electron chi connectivity index (χ4n) is 3.04. The van der Waals surface area contributed by atoms with Crippen molar-refractivity contribution in [3.63, 3.8) is 0 Å². The van der Waals surface area contributed by atoms with Gasteiger partial charge in [0.1, 0.15) is 0 Å². The van der Waals surface area contributed by atoms with Crippen LogP contribution in [-0.2, 0) is 16.1 Å². The smallest absolute Gasteiger partial charge is 0.308 e. The van der Waals surface area contributed by atoms with Gasteiger partial charge in [-0.15, -0.1) is 24.0 Å². The van der Waals surface area contributed by atoms with Crippen molar-refractivity contribution in [2.45, 2.75) is 26.3 Å². The number of likely N-dealkylation sites (tertiary alicyclic amines) is 1. The average molecular weight is 488 g/mol. The van der Waals surface area contributed by atoms with Crippen LogP contribution in [0.15, 0.2) is 29.3 Å². The predicted molar refractivity (Wildman–Crippen MR) is 116 cm³/mol. The minimum Gasteiger partial charge on any atom is -0.469 e. The van der Waals surface area contributed by atoms with Crippen molar-refractivity contribution >= 4 is 41.8 Å². The molecule has 0 unspecified atom stereocenters. The van der Waals surface area contributed by atoms with Crippen LogP contribution in [0.2, 0.25) is 0 Å². The van der Waals surface area contributed by atoms with E-state index in [1.807, 2.05) is 31.2 Å². The van der Waals surface area contributed by atoms with Gasteiger partial charge in [0.25, 0.3) is 5.91 Å². The van der Waals surface area contributed by atoms with Gasteiger partial charge in [0, 0.05) is 38.8 Å². The summed E-state index contributed by atoms with van der Waals surface area (Å²) in [6.07, 6.45) is 1.54. The number of amides is 1. The third kappa shape index (κ3) is 6.67. The van der Waals surface area contributed by atoms with Gasteiger partial charge in [-0.05, 0) is 37.5 Å². The predicted octanol–water partition coefficient (Wildman–Crippen LogP) is 2.01. The Bertz CT molecular complexity index is 641. The molecule has 1 aromatic carbocycles. The lowest BCUT2D eigenvalue weighted by Crippen LogP contribution is -2.46. The molecule has 0 aliphatic carbocycles. The molecule has 2 N–H and O–H groups in total. The summed E-state index contributed by atoms with van der Waals surface area (Å²) >= 11 is 0. The van der Waals surface area contributed by atoms with Crippen LogP contribution in [0.3, 0.4) is 0 Å². The summed E-state index contributed by atoms with van der Waals surface area (Å²) in [4.78, 5) is 29.9. The first kappa shape index (κ1) is 23.2. The lowest BCUT2D eigenvalue weighted by molar-refractivity contribution is -0.146. The number of hydrogen-bond acceptors (Lipinski definition) is 4. The molecule has 8 heteroatoms. The molecule has 0 bridgehead atoms. The largest absolute Gasteiger partial charge is 0.469 e. The van der Waals surface area contributed by atoms with Crippen molar-refractivity contribution in [2.75, 3.05) is 33.8 Å². The summed E-state index contributed by atoms with van der Waals surface area (Å²) < 4.78 is 4.83. The number of nitrogens with one attached hydrogen (secondary N) is 2. The van der Waals surface area contributed by atoms with Crippen LogP contribution < -0.4 is 10.6 Å². The first-order valence-corrected chi connectivity index (χ1v) is 8.99. The van der Waals surface area contributed by atoms with Gasteiger partial charge in [-0.25, -0.2) is 0 Å². The number of guanidine groups is 1. The molecule has 0 aromatic heterocycles. The van der Waals surface area contributed by atoms with E-state index in [-0.39, 0.29) is 41.8 Å². The molecule has 1 heterocycles. The molecule has 1 amide bonds. The van der Waals surface area contributed by atoms with E-state index in [0.717, 1.165) is 37.5 Å². The molecule has 2 rings (SSSR count). The van der Waals surface area contributed by atoms with Crippen LogP contribution in [0.5, 0.6) is 0 Å². The van der Waals surface area contributed by atoms with E-state index in [1.54, 1.807) is 7.05 Å². The minimum atomic E-state index is -0.125. The van der Waals surface area contributed by atoms with E-state index < -0.39 is 0 Å². The third-order valence-electron chi connectivity index (χ3n) is 4.54. The van der Waals surface area contributed by atoms with E-state index in [0.29, 0.717) is 18.7 Å². The maximum atomic E-state index is 11.8. The normalized spacial score (nSPS) is 14.9. The molecule has 1 aliphatic heterocycles. The summed E-state index contributed by atoms with van der Waals surface area (Å²) in [7, 11) is 3.19. The number of halogens is 1. The molecule has 1 saturated heterocycles. The molecule has 7 nitrogen and oxygen atoms in total. The molecule has 1 aliphatic rings. The Labute approximate surface area is 178 Å². The number of esters is 1. The van der Waals surface area contributed by atoms with Crippen molar-refractivity contribution in [1.29, 1.82) is 0 Å². The lowest BCUT2D eigenvalue weighted by atomic mass is 9.97. The van der Waals surface area contributed by atoms with Crippen LogP contribution in [0.25, 0.3) is 0 Å². The first-order valence-electron chi connectivity index (χ1n) is 8.99. The topological polar surface area (TPSA) is 83.0 Å². The number of benzene rings is 1. The molecule has 0 spiro atoms. The quantitative estimate of drug-likeness (QED) is 0.287. The summed E-state index contributed by atoms with van der Waals surface area (Å²) in [5.41, 5.74) is 1.73. The lowest BCUT2D eigenvalue weighted by Gasteiger charge is -2.33. The van der Waals surface area contributed by atoms with E-state index in [4.69, 9.17) is 4.74 Å². The van der Waals surface area contributed by atoms with Gasteiger partial charge in [-0.3, -0.25) is 14.6 Å². The number of rotatable bonds is 5. The van der Waals surface area contributed by atoms with Gasteiger partial charge in [0.2, 0.25) is 0 Å². The van der Waals surface area contributed by atoms with Gasteiger partial charge in [-0.1, -0.05) is 12.1 Å². The SMILES string of the molecule is CCNC(=O)c1ccc(CNC(=NC)N2CCC(C(=O)OC)CC2)cc1.I. The van der Waals surface area contributed by atoms with Crippen LogP contribution >= 0.6 is 24.0 Å². The Morgan fingerprint density at radius 3 is 2.33 bits per heavy atom. The maximum Gasteiger partial charge on any atom is 0.308 e. The van der Waals surface area contributed by atoms with Crippen molar-refractivity contribution in [1.82, 2.24) is 15.5 Å². The Morgan fingerprint density at radius 2 is 1.81 bits per heavy atom. The molecule has 150 valence electrons. The molecule has 0 saturated carbocycles. The molecule has 1 aromatic rings. The minimum absolute atomic E-state index is 0. The zero-order valence-corrected chi connectivity index (χ0v) is 18.5. The van der Waals surface area contributed by atoms with Gasteiger partial charge in [-0.2, -0.15) is 0 Å². The van der Waals surface area contributed by atoms with E-state index in [1.165, 1.54) is 7.11 Å². The number of nitrogens with zero attached hydrogens (tertiary/aromatic N) is 2. The zero-order chi connectivity index (χ0) is 18.9. The van der Waals surface area contributed by atoms with E-state index in [9.17, 15) is 9.59 Å². The molecular formula is C19H29IN4O3. The number of piperidine rings is 1. The fraction of sp³-hybridized carbons (Fsp3) is 0.526. The van der Waals surface area contributed by atoms with Gasteiger partial charge >= 0.3 is 5.97 Å². The van der Waals surface area contributed by atoms with Crippen LogP contribution in [0.4, 0.5) is 0 Å². The highest BCUT2D eigenvalue weighted by atomic mass is 127. The molecule has 27 heavy (non-hydrogen) atoms. The first-order chi connectivity index (χ1) is 12.6. The van der Waals surface area contributed by atoms with Gasteiger partial charge < -0.3 is 20.3 Å². The maximum absolute atomic E-state index is 11.8. The highest BCUT2D eigenvalue weighted by molar-refractivity contribution is 14.0. The Hall–Kier alpha value is -1.84. The third-order valence-corrected chi connectivity index (χ3v) is 4.54. The van der Waals surface area contributed by atoms with Crippen LogP contribution in [-0.4, -0.2) is 56.5 Å². The molecule has 0 atom stereocenters. The monoisotopic (exact) mass is 488 g/mol. The number of carbonyl (C=O) groups is 2. The van der Waals surface area contributed by atoms with Crippen molar-refractivity contribution < 1.29 is 14.3 Å². The molecular weight excluding hydrogens is 459 g/mol. The number of carbonyl (C=O) groups excluding carboxylic acids is 2. The number of ether oxygens (including phenoxy) is 1. The Morgan fingerprint density at radius 1 is 1.19 bits per heavy atom. The Balaban J connectivity index is 0.00000364. The van der Waals surface area contributed by atoms with E-state index >= 15 is 0 Å². The van der Waals surface area contributed by atoms with Crippen molar-refractivity contribution in [2.24, 2.45) is 10.9 Å². The highest BCUT2D eigenvalue weighted by Crippen LogP contribution is 2.18. The standard InChI is InChI=1S/C19H28N4O3.HI/c1-4-21-17(24)15-7-5-14(6-8-15)13-22-19(20-2)23-11-9-16(10-12-23)18(25)26-3;/h5-8,16H,4,9-13H2,1-3H3,(H,20,22)(H,21,24);1H. The molecule has 0 radical (unpaired) electrons. The van der Waals surface area contributed by atoms with E-state index in [2.05, 4.69) is 20.5 Å². The summed E-state index contributed by atoms with van der Waals surface area (Å²) in [5.74, 6) is 0.619. The van der Waals surface area contributed by atoms with Gasteiger partial charge in [0.15, 0.2) is 5.96 Å². The molecule has 1 fully saturated rings. The fourth-order valence-corrected chi connectivity index (χ4v) is 3.04. The summed E-state index contributed by atoms with van der Waals surface area (Å²) in [6, 6.07) is 7.53. The summed E-state index contributed by atoms with van der Waals surface area (Å²) in [6.45, 7) is 4.69. The zero-order valence-electron chi connectivity index (χ0n) is 16.2. The highest BCUT2D eigenvalue weighted by Gasteiger charge is 2.26. The number of aliphatic imine (C=N–C) groups is 1. The number of methoxy groups -OCH3 is 1. The average Bonchev–Trinajstić information content (AvgIpc) is 2.69.